The van der Waals surface area contributed by atoms with Crippen LogP contribution in [0.1, 0.15) is 26.7 Å². The monoisotopic (exact) mass is 296 g/mol. The Balaban J connectivity index is 2.60. The number of aryl methyl sites for hydroxylation is 1. The Morgan fingerprint density at radius 1 is 1.48 bits per heavy atom. The van der Waals surface area contributed by atoms with Crippen LogP contribution in [0.25, 0.3) is 0 Å². The molecule has 0 aliphatic carbocycles. The molecule has 0 aliphatic heterocycles. The molecule has 0 amide bonds. The smallest absolute Gasteiger partial charge is 0.268 e. The Bertz CT molecular complexity index is 485. The molecule has 1 heterocycles. The molecule has 0 aliphatic rings. The van der Waals surface area contributed by atoms with Crippen molar-refractivity contribution in [3.05, 3.63) is 22.6 Å². The lowest BCUT2D eigenvalue weighted by molar-refractivity contribution is 0.206. The maximum atomic E-state index is 12.1. The van der Waals surface area contributed by atoms with Crippen LogP contribution in [0.15, 0.2) is 17.1 Å². The Morgan fingerprint density at radius 3 is 2.76 bits per heavy atom. The van der Waals surface area contributed by atoms with Gasteiger partial charge in [0.15, 0.2) is 0 Å². The van der Waals surface area contributed by atoms with Crippen molar-refractivity contribution in [3.63, 3.8) is 0 Å². The highest BCUT2D eigenvalue weighted by atomic mass is 16.5. The SMILES string of the molecule is COCCN(C)c1cnn(CCCC(C)(C)CN)c(=O)c1. The van der Waals surface area contributed by atoms with Gasteiger partial charge in [0.1, 0.15) is 0 Å². The third-order valence-corrected chi connectivity index (χ3v) is 3.70. The number of aromatic nitrogens is 2. The summed E-state index contributed by atoms with van der Waals surface area (Å²) in [5.41, 5.74) is 6.57. The van der Waals surface area contributed by atoms with Crippen molar-refractivity contribution < 1.29 is 4.74 Å². The highest BCUT2D eigenvalue weighted by Gasteiger charge is 2.15. The highest BCUT2D eigenvalue weighted by Crippen LogP contribution is 2.20. The number of methoxy groups -OCH3 is 1. The molecule has 0 aromatic carbocycles. The van der Waals surface area contributed by atoms with Gasteiger partial charge < -0.3 is 15.4 Å². The summed E-state index contributed by atoms with van der Waals surface area (Å²) in [6.07, 6.45) is 3.61. The van der Waals surface area contributed by atoms with Crippen LogP contribution in [-0.2, 0) is 11.3 Å². The normalized spacial score (nSPS) is 11.7. The molecule has 6 nitrogen and oxygen atoms in total. The van der Waals surface area contributed by atoms with Crippen LogP contribution in [0.2, 0.25) is 0 Å². The Kier molecular flexibility index (Phi) is 6.84. The topological polar surface area (TPSA) is 73.4 Å². The second-order valence-corrected chi connectivity index (χ2v) is 6.16. The summed E-state index contributed by atoms with van der Waals surface area (Å²) >= 11 is 0. The molecule has 0 unspecified atom stereocenters. The highest BCUT2D eigenvalue weighted by molar-refractivity contribution is 5.41. The fraction of sp³-hybridized carbons (Fsp3) is 0.733. The van der Waals surface area contributed by atoms with E-state index in [9.17, 15) is 4.79 Å². The van der Waals surface area contributed by atoms with E-state index in [-0.39, 0.29) is 11.0 Å². The number of hydrogen-bond donors (Lipinski definition) is 1. The third kappa shape index (κ3) is 5.85. The lowest BCUT2D eigenvalue weighted by Gasteiger charge is -2.22. The minimum Gasteiger partial charge on any atom is -0.383 e. The van der Waals surface area contributed by atoms with Gasteiger partial charge in [0, 0.05) is 33.3 Å². The first-order chi connectivity index (χ1) is 9.89. The van der Waals surface area contributed by atoms with E-state index in [1.807, 2.05) is 11.9 Å². The van der Waals surface area contributed by atoms with Crippen LogP contribution in [-0.4, -0.2) is 43.6 Å². The van der Waals surface area contributed by atoms with Crippen molar-refractivity contribution in [3.8, 4) is 0 Å². The lowest BCUT2D eigenvalue weighted by Crippen LogP contribution is -2.28. The van der Waals surface area contributed by atoms with Crippen molar-refractivity contribution in [1.82, 2.24) is 9.78 Å². The van der Waals surface area contributed by atoms with Gasteiger partial charge in [0.05, 0.1) is 18.5 Å². The summed E-state index contributed by atoms with van der Waals surface area (Å²) < 4.78 is 6.54. The maximum absolute atomic E-state index is 12.1. The van der Waals surface area contributed by atoms with Crippen LogP contribution >= 0.6 is 0 Å². The summed E-state index contributed by atoms with van der Waals surface area (Å²) in [7, 11) is 3.58. The maximum Gasteiger partial charge on any atom is 0.268 e. The van der Waals surface area contributed by atoms with Crippen molar-refractivity contribution in [2.24, 2.45) is 11.1 Å². The fourth-order valence-corrected chi connectivity index (χ4v) is 1.97. The van der Waals surface area contributed by atoms with Gasteiger partial charge in [-0.05, 0) is 24.8 Å². The fourth-order valence-electron chi connectivity index (χ4n) is 1.97. The van der Waals surface area contributed by atoms with Crippen LogP contribution in [0, 0.1) is 5.41 Å². The zero-order chi connectivity index (χ0) is 15.9. The number of ether oxygens (including phenoxy) is 1. The Labute approximate surface area is 126 Å². The molecule has 1 rings (SSSR count). The van der Waals surface area contributed by atoms with E-state index in [4.69, 9.17) is 10.5 Å². The van der Waals surface area contributed by atoms with Crippen molar-refractivity contribution in [2.45, 2.75) is 33.2 Å². The van der Waals surface area contributed by atoms with E-state index >= 15 is 0 Å². The van der Waals surface area contributed by atoms with Gasteiger partial charge in [0.2, 0.25) is 0 Å². The van der Waals surface area contributed by atoms with E-state index in [1.54, 1.807) is 19.4 Å². The van der Waals surface area contributed by atoms with Gasteiger partial charge in [-0.15, -0.1) is 0 Å². The first kappa shape index (κ1) is 17.7. The summed E-state index contributed by atoms with van der Waals surface area (Å²) in [5, 5.41) is 4.24. The number of nitrogens with two attached hydrogens (primary N) is 1. The quantitative estimate of drug-likeness (QED) is 0.738. The standard InChI is InChI=1S/C15H28N4O2/c1-15(2,12-16)6-5-7-19-14(20)10-13(11-17-19)18(3)8-9-21-4/h10-11H,5-9,12,16H2,1-4H3. The number of rotatable bonds is 9. The summed E-state index contributed by atoms with van der Waals surface area (Å²) in [5.74, 6) is 0. The van der Waals surface area contributed by atoms with Crippen LogP contribution < -0.4 is 16.2 Å². The molecule has 1 aromatic heterocycles. The molecular formula is C15H28N4O2. The molecule has 0 fully saturated rings. The van der Waals surface area contributed by atoms with E-state index < -0.39 is 0 Å². The minimum absolute atomic E-state index is 0.0673. The van der Waals surface area contributed by atoms with Crippen molar-refractivity contribution >= 4 is 5.69 Å². The van der Waals surface area contributed by atoms with E-state index in [2.05, 4.69) is 18.9 Å². The Morgan fingerprint density at radius 2 is 2.19 bits per heavy atom. The van der Waals surface area contributed by atoms with Gasteiger partial charge in [-0.2, -0.15) is 5.10 Å². The molecule has 6 heteroatoms. The molecule has 1 aromatic rings. The molecule has 120 valence electrons. The summed E-state index contributed by atoms with van der Waals surface area (Å²) in [4.78, 5) is 14.0. The van der Waals surface area contributed by atoms with E-state index in [0.717, 1.165) is 25.1 Å². The zero-order valence-electron chi connectivity index (χ0n) is 13.6. The van der Waals surface area contributed by atoms with Gasteiger partial charge >= 0.3 is 0 Å². The largest absolute Gasteiger partial charge is 0.383 e. The van der Waals surface area contributed by atoms with E-state index in [0.29, 0.717) is 19.7 Å². The first-order valence-corrected chi connectivity index (χ1v) is 7.37. The number of anilines is 1. The molecule has 0 bridgehead atoms. The van der Waals surface area contributed by atoms with Gasteiger partial charge in [-0.25, -0.2) is 4.68 Å². The molecule has 0 saturated carbocycles. The predicted octanol–water partition coefficient (Wildman–Crippen LogP) is 1.09. The van der Waals surface area contributed by atoms with Gasteiger partial charge in [-0.1, -0.05) is 13.8 Å². The van der Waals surface area contributed by atoms with Gasteiger partial charge in [-0.3, -0.25) is 4.79 Å². The molecule has 21 heavy (non-hydrogen) atoms. The lowest BCUT2D eigenvalue weighted by atomic mass is 9.88. The third-order valence-electron chi connectivity index (χ3n) is 3.70. The molecule has 0 radical (unpaired) electrons. The second kappa shape index (κ2) is 8.14. The zero-order valence-corrected chi connectivity index (χ0v) is 13.6. The summed E-state index contributed by atoms with van der Waals surface area (Å²) in [6, 6.07) is 1.62. The average Bonchev–Trinajstić information content (AvgIpc) is 2.46. The molecule has 0 saturated heterocycles. The summed E-state index contributed by atoms with van der Waals surface area (Å²) in [6.45, 7) is 6.90. The van der Waals surface area contributed by atoms with Crippen LogP contribution in [0.3, 0.4) is 0 Å². The van der Waals surface area contributed by atoms with Crippen LogP contribution in [0.5, 0.6) is 0 Å². The number of nitrogens with zero attached hydrogens (tertiary/aromatic N) is 3. The average molecular weight is 296 g/mol. The molecule has 0 atom stereocenters. The van der Waals surface area contributed by atoms with E-state index in [1.165, 1.54) is 4.68 Å². The Hall–Kier alpha value is -1.40. The first-order valence-electron chi connectivity index (χ1n) is 7.37. The van der Waals surface area contributed by atoms with Crippen LogP contribution in [0.4, 0.5) is 5.69 Å². The van der Waals surface area contributed by atoms with Crippen molar-refractivity contribution in [1.29, 1.82) is 0 Å². The molecule has 0 spiro atoms. The minimum atomic E-state index is -0.0673. The molecule has 2 N–H and O–H groups in total. The number of hydrogen-bond acceptors (Lipinski definition) is 5. The molecular weight excluding hydrogens is 268 g/mol. The second-order valence-electron chi connectivity index (χ2n) is 6.16. The number of likely N-dealkylation sites (N-methyl/N-ethyl adjacent to an activating group) is 1. The van der Waals surface area contributed by atoms with Crippen molar-refractivity contribution in [2.75, 3.05) is 38.8 Å². The van der Waals surface area contributed by atoms with Gasteiger partial charge in [0.25, 0.3) is 5.56 Å². The predicted molar refractivity (Wildman–Crippen MR) is 85.7 cm³/mol.